The molecule has 0 aromatic rings. The zero-order valence-electron chi connectivity index (χ0n) is 7.79. The van der Waals surface area contributed by atoms with Crippen LogP contribution < -0.4 is 5.32 Å². The van der Waals surface area contributed by atoms with Gasteiger partial charge in [-0.3, -0.25) is 4.79 Å². The summed E-state index contributed by atoms with van der Waals surface area (Å²) in [4.78, 5) is 11.3. The van der Waals surface area contributed by atoms with Crippen LogP contribution in [-0.2, 0) is 9.53 Å². The van der Waals surface area contributed by atoms with Crippen molar-refractivity contribution < 1.29 is 9.53 Å². The summed E-state index contributed by atoms with van der Waals surface area (Å²) >= 11 is 0. The molecule has 4 heteroatoms. The molecule has 13 heavy (non-hydrogen) atoms. The van der Waals surface area contributed by atoms with E-state index in [4.69, 9.17) is 4.74 Å². The zero-order chi connectivity index (χ0) is 8.55. The third-order valence-corrected chi connectivity index (χ3v) is 3.13. The molecule has 3 atom stereocenters. The molecule has 3 unspecified atom stereocenters. The van der Waals surface area contributed by atoms with E-state index in [0.29, 0.717) is 12.0 Å². The van der Waals surface area contributed by atoms with Crippen LogP contribution in [0.25, 0.3) is 0 Å². The van der Waals surface area contributed by atoms with Gasteiger partial charge in [0.25, 0.3) is 0 Å². The fourth-order valence-corrected chi connectivity index (χ4v) is 2.42. The average Bonchev–Trinajstić information content (AvgIpc) is 2.18. The number of halogens is 1. The first-order valence-electron chi connectivity index (χ1n) is 4.62. The second-order valence-electron chi connectivity index (χ2n) is 3.82. The highest BCUT2D eigenvalue weighted by Crippen LogP contribution is 2.34. The maximum atomic E-state index is 11.3. The Labute approximate surface area is 95.6 Å². The van der Waals surface area contributed by atoms with Crippen LogP contribution in [-0.4, -0.2) is 25.7 Å². The van der Waals surface area contributed by atoms with E-state index in [0.717, 1.165) is 19.4 Å². The number of carbonyl (C=O) groups is 1. The van der Waals surface area contributed by atoms with Gasteiger partial charge in [-0.2, -0.15) is 0 Å². The van der Waals surface area contributed by atoms with Gasteiger partial charge in [-0.15, -0.1) is 24.0 Å². The van der Waals surface area contributed by atoms with Crippen molar-refractivity contribution in [2.45, 2.75) is 25.3 Å². The molecular weight excluding hydrogens is 281 g/mol. The van der Waals surface area contributed by atoms with Gasteiger partial charge < -0.3 is 10.1 Å². The minimum Gasteiger partial charge on any atom is -0.469 e. The first kappa shape index (κ1) is 11.2. The SMILES string of the molecule is COC(=O)C1CC2CCC1NC2.I. The molecule has 76 valence electrons. The molecule has 3 aliphatic rings. The molecule has 0 radical (unpaired) electrons. The van der Waals surface area contributed by atoms with Gasteiger partial charge >= 0.3 is 5.97 Å². The number of nitrogens with one attached hydrogen (secondary N) is 1. The molecule has 0 aromatic carbocycles. The van der Waals surface area contributed by atoms with Crippen molar-refractivity contribution in [2.75, 3.05) is 13.7 Å². The van der Waals surface area contributed by atoms with Crippen LogP contribution in [0, 0.1) is 11.8 Å². The summed E-state index contributed by atoms with van der Waals surface area (Å²) < 4.78 is 4.76. The number of methoxy groups -OCH3 is 1. The number of fused-ring (bicyclic) bond motifs is 3. The Hall–Kier alpha value is 0.160. The number of piperidine rings is 2. The van der Waals surface area contributed by atoms with E-state index in [9.17, 15) is 4.79 Å². The summed E-state index contributed by atoms with van der Waals surface area (Å²) in [6.07, 6.45) is 3.46. The first-order chi connectivity index (χ1) is 5.81. The third-order valence-electron chi connectivity index (χ3n) is 3.13. The topological polar surface area (TPSA) is 38.3 Å². The van der Waals surface area contributed by atoms with E-state index in [1.165, 1.54) is 13.5 Å². The zero-order valence-corrected chi connectivity index (χ0v) is 10.1. The smallest absolute Gasteiger partial charge is 0.310 e. The second-order valence-corrected chi connectivity index (χ2v) is 3.82. The monoisotopic (exact) mass is 297 g/mol. The molecular formula is C9H16INO2. The van der Waals surface area contributed by atoms with Crippen LogP contribution in [0.2, 0.25) is 0 Å². The average molecular weight is 297 g/mol. The molecule has 1 saturated carbocycles. The number of esters is 1. The minimum absolute atomic E-state index is 0. The molecule has 1 N–H and O–H groups in total. The van der Waals surface area contributed by atoms with Crippen molar-refractivity contribution in [3.05, 3.63) is 0 Å². The van der Waals surface area contributed by atoms with Crippen molar-refractivity contribution >= 4 is 29.9 Å². The van der Waals surface area contributed by atoms with E-state index in [-0.39, 0.29) is 35.9 Å². The van der Waals surface area contributed by atoms with Gasteiger partial charge in [-0.05, 0) is 31.7 Å². The Bertz CT molecular complexity index is 190. The molecule has 0 aromatic heterocycles. The molecule has 2 saturated heterocycles. The standard InChI is InChI=1S/C9H15NO2.HI/c1-12-9(11)7-4-6-2-3-8(7)10-5-6;/h6-8,10H,2-5H2,1H3;1H. The Morgan fingerprint density at radius 3 is 2.62 bits per heavy atom. The lowest BCUT2D eigenvalue weighted by atomic mass is 9.74. The predicted molar refractivity (Wildman–Crippen MR) is 60.1 cm³/mol. The van der Waals surface area contributed by atoms with Crippen molar-refractivity contribution in [1.82, 2.24) is 5.32 Å². The number of rotatable bonds is 1. The summed E-state index contributed by atoms with van der Waals surface area (Å²) in [6.45, 7) is 1.10. The molecule has 2 bridgehead atoms. The Morgan fingerprint density at radius 2 is 2.23 bits per heavy atom. The number of carbonyl (C=O) groups excluding carboxylic acids is 1. The minimum atomic E-state index is -0.0306. The highest BCUT2D eigenvalue weighted by Gasteiger charge is 2.39. The van der Waals surface area contributed by atoms with Crippen LogP contribution in [0.15, 0.2) is 0 Å². The Balaban J connectivity index is 0.000000845. The van der Waals surface area contributed by atoms with E-state index in [2.05, 4.69) is 5.32 Å². The quantitative estimate of drug-likeness (QED) is 0.583. The van der Waals surface area contributed by atoms with Gasteiger partial charge in [-0.25, -0.2) is 0 Å². The Morgan fingerprint density at radius 1 is 1.46 bits per heavy atom. The molecule has 2 aliphatic heterocycles. The lowest BCUT2D eigenvalue weighted by Gasteiger charge is -2.41. The summed E-state index contributed by atoms with van der Waals surface area (Å²) in [5.74, 6) is 0.804. The van der Waals surface area contributed by atoms with Gasteiger partial charge in [0.05, 0.1) is 13.0 Å². The number of hydrogen-bond acceptors (Lipinski definition) is 3. The maximum Gasteiger partial charge on any atom is 0.310 e. The highest BCUT2D eigenvalue weighted by atomic mass is 127. The second kappa shape index (κ2) is 4.59. The molecule has 0 amide bonds. The van der Waals surface area contributed by atoms with Crippen molar-refractivity contribution in [3.63, 3.8) is 0 Å². The Kier molecular flexibility index (Phi) is 3.97. The van der Waals surface area contributed by atoms with Gasteiger partial charge in [0.2, 0.25) is 0 Å². The van der Waals surface area contributed by atoms with E-state index in [1.54, 1.807) is 0 Å². The maximum absolute atomic E-state index is 11.3. The molecule has 3 fully saturated rings. The van der Waals surface area contributed by atoms with Crippen LogP contribution in [0.5, 0.6) is 0 Å². The normalized spacial score (nSPS) is 36.5. The lowest BCUT2D eigenvalue weighted by molar-refractivity contribution is -0.149. The van der Waals surface area contributed by atoms with Crippen molar-refractivity contribution in [1.29, 1.82) is 0 Å². The van der Waals surface area contributed by atoms with Crippen LogP contribution in [0.3, 0.4) is 0 Å². The molecule has 3 rings (SSSR count). The van der Waals surface area contributed by atoms with Crippen LogP contribution in [0.4, 0.5) is 0 Å². The summed E-state index contributed by atoms with van der Waals surface area (Å²) in [5, 5.41) is 3.38. The van der Waals surface area contributed by atoms with E-state index >= 15 is 0 Å². The summed E-state index contributed by atoms with van der Waals surface area (Å²) in [6, 6.07) is 0.391. The summed E-state index contributed by atoms with van der Waals surface area (Å²) in [7, 11) is 1.48. The van der Waals surface area contributed by atoms with Crippen molar-refractivity contribution in [3.8, 4) is 0 Å². The highest BCUT2D eigenvalue weighted by molar-refractivity contribution is 14.0. The summed E-state index contributed by atoms with van der Waals surface area (Å²) in [5.41, 5.74) is 0. The lowest BCUT2D eigenvalue weighted by Crippen LogP contribution is -2.52. The fraction of sp³-hybridized carbons (Fsp3) is 0.889. The van der Waals surface area contributed by atoms with Gasteiger partial charge in [0.15, 0.2) is 0 Å². The fourth-order valence-electron chi connectivity index (χ4n) is 2.42. The first-order valence-corrected chi connectivity index (χ1v) is 4.62. The molecule has 1 aliphatic carbocycles. The van der Waals surface area contributed by atoms with Gasteiger partial charge in [0, 0.05) is 6.04 Å². The van der Waals surface area contributed by atoms with Crippen LogP contribution in [0.1, 0.15) is 19.3 Å². The number of ether oxygens (including phenoxy) is 1. The molecule has 0 spiro atoms. The largest absolute Gasteiger partial charge is 0.469 e. The molecule has 2 heterocycles. The van der Waals surface area contributed by atoms with Crippen LogP contribution >= 0.6 is 24.0 Å². The van der Waals surface area contributed by atoms with Gasteiger partial charge in [0.1, 0.15) is 0 Å². The van der Waals surface area contributed by atoms with E-state index in [1.807, 2.05) is 0 Å². The molecule has 3 nitrogen and oxygen atoms in total. The number of hydrogen-bond donors (Lipinski definition) is 1. The third kappa shape index (κ3) is 2.15. The van der Waals surface area contributed by atoms with Gasteiger partial charge in [-0.1, -0.05) is 0 Å². The van der Waals surface area contributed by atoms with E-state index < -0.39 is 0 Å². The van der Waals surface area contributed by atoms with Crippen molar-refractivity contribution in [2.24, 2.45) is 11.8 Å². The predicted octanol–water partition coefficient (Wildman–Crippen LogP) is 1.17.